The predicted molar refractivity (Wildman–Crippen MR) is 120 cm³/mol. The highest BCUT2D eigenvalue weighted by molar-refractivity contribution is 6.04. The summed E-state index contributed by atoms with van der Waals surface area (Å²) >= 11 is 0. The van der Waals surface area contributed by atoms with Gasteiger partial charge in [-0.05, 0) is 43.5 Å². The summed E-state index contributed by atoms with van der Waals surface area (Å²) in [5, 5.41) is 7.95. The van der Waals surface area contributed by atoms with Crippen LogP contribution in [0.4, 0.5) is 5.82 Å². The molecule has 0 aliphatic heterocycles. The molecule has 0 radical (unpaired) electrons. The van der Waals surface area contributed by atoms with Crippen molar-refractivity contribution in [2.75, 3.05) is 5.32 Å². The van der Waals surface area contributed by atoms with Gasteiger partial charge in [0.15, 0.2) is 0 Å². The molecule has 4 aromatic rings. The lowest BCUT2D eigenvalue weighted by molar-refractivity contribution is 0.102. The van der Waals surface area contributed by atoms with Gasteiger partial charge in [0.05, 0.1) is 16.8 Å². The number of amides is 1. The number of H-pyrrole nitrogens is 2. The molecule has 9 nitrogen and oxygen atoms in total. The third-order valence-corrected chi connectivity index (χ3v) is 5.88. The highest BCUT2D eigenvalue weighted by atomic mass is 16.2. The van der Waals surface area contributed by atoms with Crippen LogP contribution in [0, 0.1) is 6.92 Å². The van der Waals surface area contributed by atoms with Crippen molar-refractivity contribution in [3.63, 3.8) is 0 Å². The number of aromatic nitrogens is 5. The SMILES string of the molecule is Cc1cc(C(=O)Nc2cc(C3CCCC3)nn2-c2ccccc2)nc2[nH]c(=O)[nH]c(=O)c12. The fourth-order valence-corrected chi connectivity index (χ4v) is 4.33. The minimum absolute atomic E-state index is 0.0760. The van der Waals surface area contributed by atoms with Crippen molar-refractivity contribution in [1.82, 2.24) is 24.7 Å². The van der Waals surface area contributed by atoms with Gasteiger partial charge in [-0.15, -0.1) is 0 Å². The second-order valence-corrected chi connectivity index (χ2v) is 8.09. The van der Waals surface area contributed by atoms with E-state index in [9.17, 15) is 14.4 Å². The zero-order valence-electron chi connectivity index (χ0n) is 17.5. The van der Waals surface area contributed by atoms with E-state index in [1.54, 1.807) is 11.6 Å². The van der Waals surface area contributed by atoms with Crippen LogP contribution in [0.15, 0.2) is 52.1 Å². The molecule has 162 valence electrons. The Bertz CT molecular complexity index is 1430. The molecule has 0 unspecified atom stereocenters. The van der Waals surface area contributed by atoms with Gasteiger partial charge in [-0.2, -0.15) is 5.10 Å². The highest BCUT2D eigenvalue weighted by Crippen LogP contribution is 2.35. The summed E-state index contributed by atoms with van der Waals surface area (Å²) in [6.45, 7) is 1.70. The maximum atomic E-state index is 13.1. The Morgan fingerprint density at radius 3 is 2.59 bits per heavy atom. The smallest absolute Gasteiger partial charge is 0.305 e. The number of hydrogen-bond donors (Lipinski definition) is 3. The number of aryl methyl sites for hydroxylation is 1. The Balaban J connectivity index is 1.54. The van der Waals surface area contributed by atoms with Gasteiger partial charge in [-0.1, -0.05) is 31.0 Å². The second kappa shape index (κ2) is 7.92. The molecular formula is C23H22N6O3. The fourth-order valence-electron chi connectivity index (χ4n) is 4.33. The fraction of sp³-hybridized carbons (Fsp3) is 0.261. The molecule has 32 heavy (non-hydrogen) atoms. The largest absolute Gasteiger partial charge is 0.327 e. The second-order valence-electron chi connectivity index (χ2n) is 8.09. The van der Waals surface area contributed by atoms with E-state index in [-0.39, 0.29) is 16.7 Å². The van der Waals surface area contributed by atoms with E-state index in [1.165, 1.54) is 18.9 Å². The van der Waals surface area contributed by atoms with Gasteiger partial charge < -0.3 is 5.32 Å². The Kier molecular flexibility index (Phi) is 4.93. The number of fused-ring (bicyclic) bond motifs is 1. The molecule has 0 bridgehead atoms. The number of hydrogen-bond acceptors (Lipinski definition) is 5. The summed E-state index contributed by atoms with van der Waals surface area (Å²) in [6.07, 6.45) is 4.55. The van der Waals surface area contributed by atoms with E-state index >= 15 is 0 Å². The van der Waals surface area contributed by atoms with Gasteiger partial charge in [-0.3, -0.25) is 19.6 Å². The minimum atomic E-state index is -0.671. The molecule has 1 aliphatic carbocycles. The van der Waals surface area contributed by atoms with Gasteiger partial charge in [0.25, 0.3) is 11.5 Å². The predicted octanol–water partition coefficient (Wildman–Crippen LogP) is 3.02. The van der Waals surface area contributed by atoms with Crippen LogP contribution >= 0.6 is 0 Å². The van der Waals surface area contributed by atoms with Crippen LogP contribution in [-0.4, -0.2) is 30.6 Å². The van der Waals surface area contributed by atoms with Crippen molar-refractivity contribution in [1.29, 1.82) is 0 Å². The van der Waals surface area contributed by atoms with Crippen molar-refractivity contribution >= 4 is 22.8 Å². The summed E-state index contributed by atoms with van der Waals surface area (Å²) in [7, 11) is 0. The summed E-state index contributed by atoms with van der Waals surface area (Å²) in [6, 6.07) is 13.1. The standard InChI is InChI=1S/C23H22N6O3/c1-13-11-17(24-20-19(13)22(31)27-23(32)26-20)21(30)25-18-12-16(14-7-5-6-8-14)28-29(18)15-9-3-2-4-10-15/h2-4,9-12,14H,5-8H2,1H3,(H,25,30)(H2,24,26,27,31,32). The number of aromatic amines is 2. The van der Waals surface area contributed by atoms with Gasteiger partial charge in [0.1, 0.15) is 17.2 Å². The van der Waals surface area contributed by atoms with Gasteiger partial charge in [-0.25, -0.2) is 14.5 Å². The first-order valence-electron chi connectivity index (χ1n) is 10.6. The van der Waals surface area contributed by atoms with Gasteiger partial charge in [0, 0.05) is 12.0 Å². The van der Waals surface area contributed by atoms with Crippen molar-refractivity contribution in [2.45, 2.75) is 38.5 Å². The number of nitrogens with zero attached hydrogens (tertiary/aromatic N) is 3. The average Bonchev–Trinajstić information content (AvgIpc) is 3.43. The van der Waals surface area contributed by atoms with Gasteiger partial charge >= 0.3 is 5.69 Å². The van der Waals surface area contributed by atoms with Crippen LogP contribution in [0.25, 0.3) is 16.7 Å². The van der Waals surface area contributed by atoms with E-state index < -0.39 is 17.2 Å². The maximum Gasteiger partial charge on any atom is 0.327 e. The number of nitrogens with one attached hydrogen (secondary N) is 3. The number of benzene rings is 1. The lowest BCUT2D eigenvalue weighted by Crippen LogP contribution is -2.24. The summed E-state index contributed by atoms with van der Waals surface area (Å²) < 4.78 is 1.73. The molecule has 5 rings (SSSR count). The van der Waals surface area contributed by atoms with E-state index in [1.807, 2.05) is 36.4 Å². The molecule has 1 fully saturated rings. The van der Waals surface area contributed by atoms with Crippen LogP contribution < -0.4 is 16.6 Å². The Labute approximate surface area is 182 Å². The molecule has 1 aliphatic rings. The molecule has 0 spiro atoms. The first-order valence-corrected chi connectivity index (χ1v) is 10.6. The summed E-state index contributed by atoms with van der Waals surface area (Å²) in [5.41, 5.74) is 1.30. The lowest BCUT2D eigenvalue weighted by atomic mass is 10.0. The van der Waals surface area contributed by atoms with Gasteiger partial charge in [0.2, 0.25) is 0 Å². The van der Waals surface area contributed by atoms with E-state index in [0.29, 0.717) is 17.3 Å². The number of pyridine rings is 1. The first-order chi connectivity index (χ1) is 15.5. The maximum absolute atomic E-state index is 13.1. The third-order valence-electron chi connectivity index (χ3n) is 5.88. The third kappa shape index (κ3) is 3.62. The van der Waals surface area contributed by atoms with Crippen molar-refractivity contribution < 1.29 is 4.79 Å². The molecule has 3 aromatic heterocycles. The average molecular weight is 430 g/mol. The molecule has 1 amide bonds. The molecule has 3 heterocycles. The van der Waals surface area contributed by atoms with Crippen LogP contribution in [0.3, 0.4) is 0 Å². The number of carbonyl (C=O) groups excluding carboxylic acids is 1. The first kappa shape index (κ1) is 19.9. The van der Waals surface area contributed by atoms with Crippen LogP contribution in [0.2, 0.25) is 0 Å². The Morgan fingerprint density at radius 2 is 1.84 bits per heavy atom. The lowest BCUT2D eigenvalue weighted by Gasteiger charge is -2.09. The monoisotopic (exact) mass is 430 g/mol. The van der Waals surface area contributed by atoms with Crippen molar-refractivity contribution in [2.24, 2.45) is 0 Å². The van der Waals surface area contributed by atoms with Crippen molar-refractivity contribution in [3.8, 4) is 5.69 Å². The zero-order valence-corrected chi connectivity index (χ0v) is 17.5. The number of rotatable bonds is 4. The summed E-state index contributed by atoms with van der Waals surface area (Å²) in [5.74, 6) is 0.474. The van der Waals surface area contributed by atoms with E-state index in [4.69, 9.17) is 5.10 Å². The normalized spacial score (nSPS) is 14.2. The number of para-hydroxylation sites is 1. The molecule has 9 heteroatoms. The van der Waals surface area contributed by atoms with E-state index in [2.05, 4.69) is 20.3 Å². The Morgan fingerprint density at radius 1 is 1.09 bits per heavy atom. The van der Waals surface area contributed by atoms with Crippen molar-refractivity contribution in [3.05, 3.63) is 80.3 Å². The Hall–Kier alpha value is -4.01. The summed E-state index contributed by atoms with van der Waals surface area (Å²) in [4.78, 5) is 45.7. The highest BCUT2D eigenvalue weighted by Gasteiger charge is 2.23. The van der Waals surface area contributed by atoms with Crippen LogP contribution in [-0.2, 0) is 0 Å². The van der Waals surface area contributed by atoms with E-state index in [0.717, 1.165) is 24.2 Å². The number of carbonyl (C=O) groups is 1. The number of anilines is 1. The topological polar surface area (TPSA) is 126 Å². The van der Waals surface area contributed by atoms with Crippen LogP contribution in [0.1, 0.15) is 53.3 Å². The zero-order chi connectivity index (χ0) is 22.2. The van der Waals surface area contributed by atoms with Crippen LogP contribution in [0.5, 0.6) is 0 Å². The molecular weight excluding hydrogens is 408 g/mol. The molecule has 0 saturated heterocycles. The molecule has 0 atom stereocenters. The minimum Gasteiger partial charge on any atom is -0.305 e. The molecule has 3 N–H and O–H groups in total. The molecule has 1 saturated carbocycles. The quantitative estimate of drug-likeness (QED) is 0.459. The molecule has 1 aromatic carbocycles.